The molecule has 5 nitrogen and oxygen atoms in total. The maximum atomic E-state index is 12.8. The van der Waals surface area contributed by atoms with Gasteiger partial charge in [0.05, 0.1) is 11.5 Å². The molecular weight excluding hydrogens is 360 g/mol. The number of halogens is 1. The van der Waals surface area contributed by atoms with Gasteiger partial charge in [0.25, 0.3) is 0 Å². The normalized spacial score (nSPS) is 26.2. The van der Waals surface area contributed by atoms with E-state index in [1.807, 2.05) is 0 Å². The van der Waals surface area contributed by atoms with E-state index < -0.39 is 10.0 Å². The smallest absolute Gasteiger partial charge is 0.243 e. The lowest BCUT2D eigenvalue weighted by molar-refractivity contribution is 0.306. The quantitative estimate of drug-likeness (QED) is 0.728. The number of benzene rings is 1. The molecule has 3 unspecified atom stereocenters. The third-order valence-electron chi connectivity index (χ3n) is 5.36. The molecule has 1 aromatic carbocycles. The van der Waals surface area contributed by atoms with Gasteiger partial charge in [-0.2, -0.15) is 4.31 Å². The SMILES string of the molecule is CCCCCOc1ccc(S(=O)(=O)N2CC3CCC(N)C3C2)cc1.Cl. The third-order valence-corrected chi connectivity index (χ3v) is 7.20. The Kier molecular flexibility index (Phi) is 7.14. The summed E-state index contributed by atoms with van der Waals surface area (Å²) in [6.45, 7) is 3.99. The third kappa shape index (κ3) is 4.48. The minimum absolute atomic E-state index is 0. The minimum atomic E-state index is -3.43. The van der Waals surface area contributed by atoms with E-state index in [2.05, 4.69) is 6.92 Å². The molecule has 1 saturated carbocycles. The Labute approximate surface area is 157 Å². The molecule has 2 N–H and O–H groups in total. The standard InChI is InChI=1S/C18H28N2O3S.ClH/c1-2-3-4-11-23-15-6-8-16(9-7-15)24(21,22)20-12-14-5-10-18(19)17(14)13-20;/h6-9,14,17-18H,2-5,10-13,19H2,1H3;1H. The van der Waals surface area contributed by atoms with Crippen LogP contribution in [-0.2, 0) is 10.0 Å². The number of nitrogens with two attached hydrogens (primary N) is 1. The summed E-state index contributed by atoms with van der Waals surface area (Å²) in [5.74, 6) is 1.47. The molecule has 1 saturated heterocycles. The average Bonchev–Trinajstić information content (AvgIpc) is 3.15. The van der Waals surface area contributed by atoms with Crippen LogP contribution in [0.15, 0.2) is 29.2 Å². The average molecular weight is 389 g/mol. The van der Waals surface area contributed by atoms with Gasteiger partial charge in [-0.25, -0.2) is 8.42 Å². The highest BCUT2D eigenvalue weighted by molar-refractivity contribution is 7.89. The van der Waals surface area contributed by atoms with Crippen LogP contribution in [0.4, 0.5) is 0 Å². The predicted molar refractivity (Wildman–Crippen MR) is 102 cm³/mol. The van der Waals surface area contributed by atoms with Crippen LogP contribution in [0.5, 0.6) is 5.75 Å². The van der Waals surface area contributed by atoms with Crippen LogP contribution < -0.4 is 10.5 Å². The van der Waals surface area contributed by atoms with Gasteiger partial charge >= 0.3 is 0 Å². The van der Waals surface area contributed by atoms with Crippen LogP contribution >= 0.6 is 12.4 Å². The number of nitrogens with zero attached hydrogens (tertiary/aromatic N) is 1. The number of fused-ring (bicyclic) bond motifs is 1. The van der Waals surface area contributed by atoms with Crippen LogP contribution in [0, 0.1) is 11.8 Å². The number of ether oxygens (including phenoxy) is 1. The van der Waals surface area contributed by atoms with Gasteiger partial charge in [0.1, 0.15) is 5.75 Å². The van der Waals surface area contributed by atoms with Crippen LogP contribution in [0.1, 0.15) is 39.0 Å². The molecule has 0 amide bonds. The molecule has 25 heavy (non-hydrogen) atoms. The fourth-order valence-corrected chi connectivity index (χ4v) is 5.40. The first-order chi connectivity index (χ1) is 11.5. The van der Waals surface area contributed by atoms with Gasteiger partial charge in [0.15, 0.2) is 0 Å². The Morgan fingerprint density at radius 1 is 1.16 bits per heavy atom. The van der Waals surface area contributed by atoms with E-state index in [-0.39, 0.29) is 18.4 Å². The van der Waals surface area contributed by atoms with E-state index in [0.717, 1.165) is 37.9 Å². The summed E-state index contributed by atoms with van der Waals surface area (Å²) < 4.78 is 32.9. The molecule has 0 aromatic heterocycles. The Bertz CT molecular complexity index is 651. The molecule has 0 bridgehead atoms. The monoisotopic (exact) mass is 388 g/mol. The Hall–Kier alpha value is -0.820. The Morgan fingerprint density at radius 2 is 1.88 bits per heavy atom. The molecule has 0 radical (unpaired) electrons. The molecule has 7 heteroatoms. The Morgan fingerprint density at radius 3 is 2.52 bits per heavy atom. The lowest BCUT2D eigenvalue weighted by Crippen LogP contribution is -2.33. The van der Waals surface area contributed by atoms with Crippen molar-refractivity contribution in [2.75, 3.05) is 19.7 Å². The van der Waals surface area contributed by atoms with Crippen molar-refractivity contribution in [3.05, 3.63) is 24.3 Å². The van der Waals surface area contributed by atoms with Gasteiger partial charge in [0.2, 0.25) is 10.0 Å². The summed E-state index contributed by atoms with van der Waals surface area (Å²) in [7, 11) is -3.43. The van der Waals surface area contributed by atoms with Crippen molar-refractivity contribution in [1.82, 2.24) is 4.31 Å². The zero-order valence-corrected chi connectivity index (χ0v) is 16.4. The molecule has 3 rings (SSSR count). The van der Waals surface area contributed by atoms with Crippen LogP contribution in [0.3, 0.4) is 0 Å². The van der Waals surface area contributed by atoms with E-state index in [0.29, 0.717) is 36.4 Å². The lowest BCUT2D eigenvalue weighted by Gasteiger charge is -2.18. The molecule has 1 aliphatic heterocycles. The van der Waals surface area contributed by atoms with Gasteiger partial charge < -0.3 is 10.5 Å². The molecule has 142 valence electrons. The molecule has 1 aromatic rings. The van der Waals surface area contributed by atoms with Gasteiger partial charge in [-0.15, -0.1) is 12.4 Å². The van der Waals surface area contributed by atoms with Crippen molar-refractivity contribution in [3.8, 4) is 5.75 Å². The molecular formula is C18H29ClN2O3S. The number of rotatable bonds is 7. The summed E-state index contributed by atoms with van der Waals surface area (Å²) >= 11 is 0. The van der Waals surface area contributed by atoms with Gasteiger partial charge in [-0.3, -0.25) is 0 Å². The summed E-state index contributed by atoms with van der Waals surface area (Å²) in [6, 6.07) is 6.95. The summed E-state index contributed by atoms with van der Waals surface area (Å²) in [4.78, 5) is 0.344. The number of hydrogen-bond acceptors (Lipinski definition) is 4. The van der Waals surface area contributed by atoms with E-state index >= 15 is 0 Å². The van der Waals surface area contributed by atoms with Crippen molar-refractivity contribution in [2.45, 2.75) is 50.0 Å². The zero-order valence-electron chi connectivity index (χ0n) is 14.8. The largest absolute Gasteiger partial charge is 0.494 e. The first-order valence-electron chi connectivity index (χ1n) is 9.01. The van der Waals surface area contributed by atoms with Crippen LogP contribution in [-0.4, -0.2) is 38.5 Å². The van der Waals surface area contributed by atoms with E-state index in [4.69, 9.17) is 10.5 Å². The lowest BCUT2D eigenvalue weighted by atomic mass is 9.98. The van der Waals surface area contributed by atoms with Crippen molar-refractivity contribution in [3.63, 3.8) is 0 Å². The van der Waals surface area contributed by atoms with Gasteiger partial charge in [-0.05, 0) is 55.4 Å². The summed E-state index contributed by atoms with van der Waals surface area (Å²) in [6.07, 6.45) is 5.39. The number of unbranched alkanes of at least 4 members (excludes halogenated alkanes) is 2. The van der Waals surface area contributed by atoms with Gasteiger partial charge in [-0.1, -0.05) is 19.8 Å². The van der Waals surface area contributed by atoms with Crippen molar-refractivity contribution in [1.29, 1.82) is 0 Å². The highest BCUT2D eigenvalue weighted by atomic mass is 35.5. The predicted octanol–water partition coefficient (Wildman–Crippen LogP) is 3.04. The maximum Gasteiger partial charge on any atom is 0.243 e. The van der Waals surface area contributed by atoms with Gasteiger partial charge in [0, 0.05) is 19.1 Å². The first kappa shape index (κ1) is 20.5. The second-order valence-corrected chi connectivity index (χ2v) is 8.95. The van der Waals surface area contributed by atoms with Crippen LogP contribution in [0.2, 0.25) is 0 Å². The van der Waals surface area contributed by atoms with E-state index in [9.17, 15) is 8.42 Å². The minimum Gasteiger partial charge on any atom is -0.494 e. The van der Waals surface area contributed by atoms with Crippen LogP contribution in [0.25, 0.3) is 0 Å². The maximum absolute atomic E-state index is 12.8. The zero-order chi connectivity index (χ0) is 17.2. The highest BCUT2D eigenvalue weighted by Gasteiger charge is 2.44. The number of hydrogen-bond donors (Lipinski definition) is 1. The highest BCUT2D eigenvalue weighted by Crippen LogP contribution is 2.39. The first-order valence-corrected chi connectivity index (χ1v) is 10.4. The van der Waals surface area contributed by atoms with Crippen molar-refractivity contribution >= 4 is 22.4 Å². The summed E-state index contributed by atoms with van der Waals surface area (Å²) in [5, 5.41) is 0. The number of sulfonamides is 1. The fourth-order valence-electron chi connectivity index (χ4n) is 3.86. The second-order valence-electron chi connectivity index (χ2n) is 7.01. The van der Waals surface area contributed by atoms with Crippen molar-refractivity contribution in [2.24, 2.45) is 17.6 Å². The topological polar surface area (TPSA) is 72.6 Å². The molecule has 3 atom stereocenters. The fraction of sp³-hybridized carbons (Fsp3) is 0.667. The molecule has 1 heterocycles. The van der Waals surface area contributed by atoms with Crippen molar-refractivity contribution < 1.29 is 13.2 Å². The van der Waals surface area contributed by atoms with E-state index in [1.54, 1.807) is 28.6 Å². The second kappa shape index (κ2) is 8.71. The van der Waals surface area contributed by atoms with E-state index in [1.165, 1.54) is 0 Å². The Balaban J connectivity index is 0.00000225. The molecule has 0 spiro atoms. The molecule has 2 fully saturated rings. The summed E-state index contributed by atoms with van der Waals surface area (Å²) in [5.41, 5.74) is 6.11. The molecule has 1 aliphatic carbocycles. The molecule has 2 aliphatic rings.